The number of carbonyl (C=O) groups excluding carboxylic acids is 1. The molecule has 116 valence electrons. The molecule has 0 aliphatic heterocycles. The summed E-state index contributed by atoms with van der Waals surface area (Å²) in [7, 11) is 0. The molecule has 1 saturated carbocycles. The number of carbonyl (C=O) groups is 2. The van der Waals surface area contributed by atoms with Gasteiger partial charge in [0.2, 0.25) is 5.91 Å². The molecule has 1 heterocycles. The predicted molar refractivity (Wildman–Crippen MR) is 79.0 cm³/mol. The molecule has 21 heavy (non-hydrogen) atoms. The second-order valence-electron chi connectivity index (χ2n) is 6.74. The first-order valence-corrected chi connectivity index (χ1v) is 7.38. The van der Waals surface area contributed by atoms with Crippen molar-refractivity contribution in [1.29, 1.82) is 0 Å². The van der Waals surface area contributed by atoms with Crippen LogP contribution in [0.25, 0.3) is 0 Å². The highest BCUT2D eigenvalue weighted by Gasteiger charge is 2.36. The van der Waals surface area contributed by atoms with E-state index >= 15 is 0 Å². The van der Waals surface area contributed by atoms with Gasteiger partial charge in [0.15, 0.2) is 5.82 Å². The summed E-state index contributed by atoms with van der Waals surface area (Å²) in [4.78, 5) is 23.6. The van der Waals surface area contributed by atoms with Crippen molar-refractivity contribution in [3.8, 4) is 0 Å². The Balaban J connectivity index is 2.06. The molecule has 0 spiro atoms. The highest BCUT2D eigenvalue weighted by atomic mass is 16.4. The molecule has 1 aromatic rings. The number of hydrogen-bond acceptors (Lipinski definition) is 3. The first-order valence-electron chi connectivity index (χ1n) is 7.38. The molecule has 1 amide bonds. The van der Waals surface area contributed by atoms with Gasteiger partial charge in [-0.05, 0) is 12.8 Å². The van der Waals surface area contributed by atoms with Crippen LogP contribution in [0.2, 0.25) is 0 Å². The van der Waals surface area contributed by atoms with Crippen molar-refractivity contribution >= 4 is 17.7 Å². The lowest BCUT2D eigenvalue weighted by Gasteiger charge is -2.27. The van der Waals surface area contributed by atoms with Crippen LogP contribution < -0.4 is 5.32 Å². The fourth-order valence-corrected chi connectivity index (χ4v) is 2.73. The molecule has 0 radical (unpaired) electrons. The van der Waals surface area contributed by atoms with Crippen molar-refractivity contribution in [1.82, 2.24) is 10.2 Å². The third-order valence-electron chi connectivity index (χ3n) is 4.06. The number of aromatic nitrogens is 2. The van der Waals surface area contributed by atoms with Crippen LogP contribution >= 0.6 is 0 Å². The van der Waals surface area contributed by atoms with Gasteiger partial charge in [0.05, 0.1) is 11.8 Å². The molecule has 3 N–H and O–H groups in total. The number of aliphatic carboxylic acids is 1. The zero-order valence-corrected chi connectivity index (χ0v) is 12.8. The standard InChI is InChI=1S/C15H23N3O3/c1-15(2,3)11-8-12(18-17-11)16-13(19)9-6-4-5-7-10(9)14(20)21/h8-10H,4-7H2,1-3H3,(H,20,21)(H2,16,17,18,19)/t9-,10+/m1/s1. The van der Waals surface area contributed by atoms with Crippen LogP contribution in [-0.2, 0) is 15.0 Å². The van der Waals surface area contributed by atoms with Crippen molar-refractivity contribution in [2.24, 2.45) is 11.8 Å². The van der Waals surface area contributed by atoms with Gasteiger partial charge < -0.3 is 10.4 Å². The third-order valence-corrected chi connectivity index (χ3v) is 4.06. The van der Waals surface area contributed by atoms with E-state index in [2.05, 4.69) is 15.5 Å². The number of nitrogens with one attached hydrogen (secondary N) is 2. The van der Waals surface area contributed by atoms with E-state index in [1.165, 1.54) is 0 Å². The number of nitrogens with zero attached hydrogens (tertiary/aromatic N) is 1. The lowest BCUT2D eigenvalue weighted by Crippen LogP contribution is -2.36. The summed E-state index contributed by atoms with van der Waals surface area (Å²) in [6.07, 6.45) is 2.97. The number of H-pyrrole nitrogens is 1. The van der Waals surface area contributed by atoms with Gasteiger partial charge in [-0.3, -0.25) is 14.7 Å². The minimum atomic E-state index is -0.882. The lowest BCUT2D eigenvalue weighted by atomic mass is 9.79. The summed E-state index contributed by atoms with van der Waals surface area (Å²) < 4.78 is 0. The molecular formula is C15H23N3O3. The maximum atomic E-state index is 12.3. The number of amides is 1. The summed E-state index contributed by atoms with van der Waals surface area (Å²) >= 11 is 0. The zero-order chi connectivity index (χ0) is 15.6. The Morgan fingerprint density at radius 2 is 1.90 bits per heavy atom. The number of anilines is 1. The van der Waals surface area contributed by atoms with Crippen molar-refractivity contribution < 1.29 is 14.7 Å². The maximum absolute atomic E-state index is 12.3. The fraction of sp³-hybridized carbons (Fsp3) is 0.667. The molecule has 0 bridgehead atoms. The molecule has 0 aromatic carbocycles. The molecular weight excluding hydrogens is 270 g/mol. The smallest absolute Gasteiger partial charge is 0.307 e. The highest BCUT2D eigenvalue weighted by molar-refractivity contribution is 5.94. The minimum absolute atomic E-state index is 0.0790. The summed E-state index contributed by atoms with van der Waals surface area (Å²) in [5, 5.41) is 19.0. The highest BCUT2D eigenvalue weighted by Crippen LogP contribution is 2.31. The Bertz CT molecular complexity index is 531. The first kappa shape index (κ1) is 15.5. The predicted octanol–water partition coefficient (Wildman–Crippen LogP) is 2.54. The van der Waals surface area contributed by atoms with E-state index in [1.54, 1.807) is 6.07 Å². The van der Waals surface area contributed by atoms with E-state index in [4.69, 9.17) is 0 Å². The van der Waals surface area contributed by atoms with E-state index in [-0.39, 0.29) is 11.3 Å². The van der Waals surface area contributed by atoms with Crippen LogP contribution in [0.4, 0.5) is 5.82 Å². The van der Waals surface area contributed by atoms with Gasteiger partial charge in [-0.15, -0.1) is 0 Å². The van der Waals surface area contributed by atoms with Crippen LogP contribution in [0.5, 0.6) is 0 Å². The van der Waals surface area contributed by atoms with Crippen molar-refractivity contribution in [2.45, 2.75) is 51.9 Å². The van der Waals surface area contributed by atoms with Crippen molar-refractivity contribution in [2.75, 3.05) is 5.32 Å². The largest absolute Gasteiger partial charge is 0.481 e. The van der Waals surface area contributed by atoms with Gasteiger partial charge in [-0.2, -0.15) is 5.10 Å². The van der Waals surface area contributed by atoms with E-state index in [0.717, 1.165) is 18.5 Å². The molecule has 6 nitrogen and oxygen atoms in total. The second kappa shape index (κ2) is 5.87. The Morgan fingerprint density at radius 3 is 2.43 bits per heavy atom. The normalized spacial score (nSPS) is 22.8. The molecule has 2 rings (SSSR count). The summed E-state index contributed by atoms with van der Waals surface area (Å²) in [6.45, 7) is 6.15. The SMILES string of the molecule is CC(C)(C)c1cc(NC(=O)[C@@H]2CCCC[C@@H]2C(=O)O)n[nH]1. The van der Waals surface area contributed by atoms with Gasteiger partial charge in [-0.1, -0.05) is 33.6 Å². The van der Waals surface area contributed by atoms with Gasteiger partial charge in [0.1, 0.15) is 0 Å². The van der Waals surface area contributed by atoms with Gasteiger partial charge in [0, 0.05) is 17.2 Å². The lowest BCUT2D eigenvalue weighted by molar-refractivity contribution is -0.147. The summed E-state index contributed by atoms with van der Waals surface area (Å²) in [5.74, 6) is -1.72. The third kappa shape index (κ3) is 3.62. The number of aromatic amines is 1. The first-order chi connectivity index (χ1) is 9.79. The molecule has 2 atom stereocenters. The van der Waals surface area contributed by atoms with Crippen LogP contribution in [0.15, 0.2) is 6.07 Å². The van der Waals surface area contributed by atoms with Crippen LogP contribution in [0, 0.1) is 11.8 Å². The Kier molecular flexibility index (Phi) is 4.34. The van der Waals surface area contributed by atoms with E-state index in [1.807, 2.05) is 20.8 Å². The fourth-order valence-electron chi connectivity index (χ4n) is 2.73. The molecule has 1 aromatic heterocycles. The van der Waals surface area contributed by atoms with Gasteiger partial charge >= 0.3 is 5.97 Å². The van der Waals surface area contributed by atoms with E-state index in [0.29, 0.717) is 18.7 Å². The van der Waals surface area contributed by atoms with Crippen LogP contribution in [0.3, 0.4) is 0 Å². The minimum Gasteiger partial charge on any atom is -0.481 e. The van der Waals surface area contributed by atoms with E-state index < -0.39 is 17.8 Å². The van der Waals surface area contributed by atoms with Crippen LogP contribution in [-0.4, -0.2) is 27.2 Å². The molecule has 0 unspecified atom stereocenters. The zero-order valence-electron chi connectivity index (χ0n) is 12.8. The monoisotopic (exact) mass is 293 g/mol. The number of carboxylic acid groups (broad SMARTS) is 1. The summed E-state index contributed by atoms with van der Waals surface area (Å²) in [6, 6.07) is 1.80. The van der Waals surface area contributed by atoms with E-state index in [9.17, 15) is 14.7 Å². The molecule has 6 heteroatoms. The quantitative estimate of drug-likeness (QED) is 0.798. The topological polar surface area (TPSA) is 95.1 Å². The van der Waals surface area contributed by atoms with Crippen molar-refractivity contribution in [3.63, 3.8) is 0 Å². The Hall–Kier alpha value is -1.85. The number of hydrogen-bond donors (Lipinski definition) is 3. The number of carboxylic acids is 1. The summed E-state index contributed by atoms with van der Waals surface area (Å²) in [5.41, 5.74) is 0.848. The Labute approximate surface area is 124 Å². The maximum Gasteiger partial charge on any atom is 0.307 e. The number of rotatable bonds is 3. The average Bonchev–Trinajstić information content (AvgIpc) is 2.87. The molecule has 0 saturated heterocycles. The average molecular weight is 293 g/mol. The second-order valence-corrected chi connectivity index (χ2v) is 6.74. The van der Waals surface area contributed by atoms with Gasteiger partial charge in [-0.25, -0.2) is 0 Å². The van der Waals surface area contributed by atoms with Crippen LogP contribution in [0.1, 0.15) is 52.1 Å². The Morgan fingerprint density at radius 1 is 1.29 bits per heavy atom. The molecule has 1 aliphatic carbocycles. The molecule has 1 aliphatic rings. The van der Waals surface area contributed by atoms with Crippen molar-refractivity contribution in [3.05, 3.63) is 11.8 Å². The molecule has 1 fully saturated rings. The van der Waals surface area contributed by atoms with Gasteiger partial charge in [0.25, 0.3) is 0 Å².